The Balaban J connectivity index is 1.89. The number of methoxy groups -OCH3 is 2. The number of hydrogen-bond donors (Lipinski definition) is 2. The molecule has 2 N–H and O–H groups in total. The van der Waals surface area contributed by atoms with Gasteiger partial charge in [0.2, 0.25) is 0 Å². The minimum Gasteiger partial charge on any atom is -0.493 e. The van der Waals surface area contributed by atoms with Crippen molar-refractivity contribution in [3.63, 3.8) is 0 Å². The third-order valence-corrected chi connectivity index (χ3v) is 4.85. The Kier molecular flexibility index (Phi) is 6.49. The van der Waals surface area contributed by atoms with Gasteiger partial charge >= 0.3 is 0 Å². The van der Waals surface area contributed by atoms with Crippen molar-refractivity contribution in [1.82, 2.24) is 5.43 Å². The highest BCUT2D eigenvalue weighted by Crippen LogP contribution is 2.31. The summed E-state index contributed by atoms with van der Waals surface area (Å²) >= 11 is 0. The van der Waals surface area contributed by atoms with E-state index in [9.17, 15) is 9.90 Å². The number of carbonyl (C=O) groups excluding carboxylic acids is 1. The largest absolute Gasteiger partial charge is 0.493 e. The molecule has 0 aromatic heterocycles. The summed E-state index contributed by atoms with van der Waals surface area (Å²) in [7, 11) is 3.12. The van der Waals surface area contributed by atoms with Gasteiger partial charge in [-0.05, 0) is 35.7 Å². The molecule has 0 aliphatic heterocycles. The van der Waals surface area contributed by atoms with Crippen LogP contribution in [-0.4, -0.2) is 31.4 Å². The van der Waals surface area contributed by atoms with Crippen LogP contribution in [0.15, 0.2) is 77.9 Å². The SMILES string of the molecule is COc1cc(C)c(/C=N\NC(=O)C(O)(c2ccccc2)c2ccccc2)cc1OC. The van der Waals surface area contributed by atoms with Gasteiger partial charge in [0.1, 0.15) is 0 Å². The molecular formula is C24H24N2O4. The molecule has 0 aliphatic rings. The number of nitrogens with one attached hydrogen (secondary N) is 1. The molecule has 3 aromatic carbocycles. The molecule has 0 saturated heterocycles. The second kappa shape index (κ2) is 9.24. The third kappa shape index (κ3) is 4.18. The van der Waals surface area contributed by atoms with E-state index in [1.807, 2.05) is 25.1 Å². The van der Waals surface area contributed by atoms with E-state index >= 15 is 0 Å². The monoisotopic (exact) mass is 404 g/mol. The molecule has 3 rings (SSSR count). The number of hydrogen-bond acceptors (Lipinski definition) is 5. The van der Waals surface area contributed by atoms with Crippen molar-refractivity contribution >= 4 is 12.1 Å². The van der Waals surface area contributed by atoms with Gasteiger partial charge in [-0.1, -0.05) is 60.7 Å². The molecule has 30 heavy (non-hydrogen) atoms. The van der Waals surface area contributed by atoms with E-state index in [1.165, 1.54) is 6.21 Å². The maximum atomic E-state index is 13.0. The number of rotatable bonds is 7. The Morgan fingerprint density at radius 2 is 1.43 bits per heavy atom. The first-order valence-electron chi connectivity index (χ1n) is 9.40. The van der Waals surface area contributed by atoms with Crippen LogP contribution in [0, 0.1) is 6.92 Å². The number of benzene rings is 3. The van der Waals surface area contributed by atoms with Gasteiger partial charge in [0.15, 0.2) is 17.1 Å². The number of hydrazone groups is 1. The van der Waals surface area contributed by atoms with Crippen molar-refractivity contribution in [3.05, 3.63) is 95.1 Å². The van der Waals surface area contributed by atoms with E-state index in [1.54, 1.807) is 68.8 Å². The van der Waals surface area contributed by atoms with Crippen LogP contribution < -0.4 is 14.9 Å². The molecule has 0 unspecified atom stereocenters. The molecule has 3 aromatic rings. The Morgan fingerprint density at radius 1 is 0.933 bits per heavy atom. The zero-order valence-electron chi connectivity index (χ0n) is 17.1. The van der Waals surface area contributed by atoms with Crippen molar-refractivity contribution in [2.75, 3.05) is 14.2 Å². The number of aryl methyl sites for hydroxylation is 1. The van der Waals surface area contributed by atoms with Crippen LogP contribution in [0.3, 0.4) is 0 Å². The highest BCUT2D eigenvalue weighted by molar-refractivity contribution is 5.91. The predicted molar refractivity (Wildman–Crippen MR) is 116 cm³/mol. The first-order valence-corrected chi connectivity index (χ1v) is 9.40. The lowest BCUT2D eigenvalue weighted by atomic mass is 9.85. The fraction of sp³-hybridized carbons (Fsp3) is 0.167. The van der Waals surface area contributed by atoms with E-state index in [4.69, 9.17) is 9.47 Å². The third-order valence-electron chi connectivity index (χ3n) is 4.85. The molecule has 0 bridgehead atoms. The summed E-state index contributed by atoms with van der Waals surface area (Å²) in [6.07, 6.45) is 1.51. The molecule has 0 aliphatic carbocycles. The van der Waals surface area contributed by atoms with E-state index in [0.717, 1.165) is 11.1 Å². The van der Waals surface area contributed by atoms with Crippen LogP contribution in [0.4, 0.5) is 0 Å². The molecule has 0 heterocycles. The minimum absolute atomic E-state index is 0.450. The molecule has 1 amide bonds. The Bertz CT molecular complexity index is 994. The summed E-state index contributed by atoms with van der Waals surface area (Å²) in [6, 6.07) is 21.1. The number of amides is 1. The molecule has 0 fully saturated rings. The summed E-state index contributed by atoms with van der Waals surface area (Å²) in [5.41, 5.74) is 3.13. The van der Waals surface area contributed by atoms with Gasteiger partial charge in [-0.3, -0.25) is 4.79 Å². The van der Waals surface area contributed by atoms with Crippen molar-refractivity contribution in [2.45, 2.75) is 12.5 Å². The van der Waals surface area contributed by atoms with Crippen LogP contribution >= 0.6 is 0 Å². The fourth-order valence-corrected chi connectivity index (χ4v) is 3.16. The van der Waals surface area contributed by atoms with Gasteiger partial charge in [0.05, 0.1) is 20.4 Å². The first-order chi connectivity index (χ1) is 14.5. The number of ether oxygens (including phenoxy) is 2. The Morgan fingerprint density at radius 3 is 1.93 bits per heavy atom. The smallest absolute Gasteiger partial charge is 0.281 e. The second-order valence-electron chi connectivity index (χ2n) is 6.71. The van der Waals surface area contributed by atoms with Gasteiger partial charge in [-0.2, -0.15) is 5.10 Å². The average Bonchev–Trinajstić information content (AvgIpc) is 2.80. The summed E-state index contributed by atoms with van der Waals surface area (Å²) in [4.78, 5) is 13.0. The molecule has 154 valence electrons. The predicted octanol–water partition coefficient (Wildman–Crippen LogP) is 3.40. The van der Waals surface area contributed by atoms with Gasteiger partial charge in [-0.25, -0.2) is 5.43 Å². The van der Waals surface area contributed by atoms with Crippen molar-refractivity contribution in [2.24, 2.45) is 5.10 Å². The van der Waals surface area contributed by atoms with Crippen LogP contribution in [0.25, 0.3) is 0 Å². The number of carbonyl (C=O) groups is 1. The average molecular weight is 404 g/mol. The number of nitrogens with zero attached hydrogens (tertiary/aromatic N) is 1. The zero-order chi connectivity index (χ0) is 21.6. The Hall–Kier alpha value is -3.64. The normalized spacial score (nSPS) is 11.3. The lowest BCUT2D eigenvalue weighted by Gasteiger charge is -2.27. The molecular weight excluding hydrogens is 380 g/mol. The van der Waals surface area contributed by atoms with Gasteiger partial charge in [0.25, 0.3) is 5.91 Å². The zero-order valence-corrected chi connectivity index (χ0v) is 17.1. The van der Waals surface area contributed by atoms with Gasteiger partial charge < -0.3 is 14.6 Å². The summed E-state index contributed by atoms with van der Waals surface area (Å²) in [5, 5.41) is 15.5. The van der Waals surface area contributed by atoms with Crippen molar-refractivity contribution in [1.29, 1.82) is 0 Å². The molecule has 0 saturated carbocycles. The molecule has 6 heteroatoms. The van der Waals surface area contributed by atoms with Crippen molar-refractivity contribution < 1.29 is 19.4 Å². The van der Waals surface area contributed by atoms with Gasteiger partial charge in [0, 0.05) is 5.56 Å². The van der Waals surface area contributed by atoms with Gasteiger partial charge in [-0.15, -0.1) is 0 Å². The summed E-state index contributed by atoms with van der Waals surface area (Å²) in [5.74, 6) is 0.508. The molecule has 0 spiro atoms. The van der Waals surface area contributed by atoms with E-state index in [0.29, 0.717) is 22.6 Å². The van der Waals surface area contributed by atoms with Crippen LogP contribution in [0.2, 0.25) is 0 Å². The van der Waals surface area contributed by atoms with Crippen LogP contribution in [-0.2, 0) is 10.4 Å². The lowest BCUT2D eigenvalue weighted by molar-refractivity contribution is -0.136. The molecule has 0 atom stereocenters. The Labute approximate surface area is 175 Å². The lowest BCUT2D eigenvalue weighted by Crippen LogP contribution is -2.43. The maximum absolute atomic E-state index is 13.0. The molecule has 6 nitrogen and oxygen atoms in total. The first kappa shape index (κ1) is 21.1. The maximum Gasteiger partial charge on any atom is 0.281 e. The number of aliphatic hydroxyl groups is 1. The van der Waals surface area contributed by atoms with Crippen LogP contribution in [0.1, 0.15) is 22.3 Å². The van der Waals surface area contributed by atoms with Crippen molar-refractivity contribution in [3.8, 4) is 11.5 Å². The van der Waals surface area contributed by atoms with E-state index < -0.39 is 11.5 Å². The standard InChI is InChI=1S/C24H24N2O4/c1-17-14-21(29-2)22(30-3)15-18(17)16-25-26-23(27)24(28,19-10-6-4-7-11-19)20-12-8-5-9-13-20/h4-16,28H,1-3H3,(H,26,27)/b25-16-. The van der Waals surface area contributed by atoms with E-state index in [2.05, 4.69) is 10.5 Å². The topological polar surface area (TPSA) is 80.2 Å². The highest BCUT2D eigenvalue weighted by Gasteiger charge is 2.39. The quantitative estimate of drug-likeness (QED) is 0.467. The fourth-order valence-electron chi connectivity index (χ4n) is 3.16. The second-order valence-corrected chi connectivity index (χ2v) is 6.71. The highest BCUT2D eigenvalue weighted by atomic mass is 16.5. The summed E-state index contributed by atoms with van der Waals surface area (Å²) < 4.78 is 10.6. The summed E-state index contributed by atoms with van der Waals surface area (Å²) in [6.45, 7) is 1.90. The van der Waals surface area contributed by atoms with E-state index in [-0.39, 0.29) is 0 Å². The minimum atomic E-state index is -1.88. The molecule has 0 radical (unpaired) electrons. The van der Waals surface area contributed by atoms with Crippen LogP contribution in [0.5, 0.6) is 11.5 Å².